The van der Waals surface area contributed by atoms with Gasteiger partial charge >= 0.3 is 5.97 Å². The number of aryl methyl sites for hydroxylation is 1. The van der Waals surface area contributed by atoms with Crippen LogP contribution in [-0.4, -0.2) is 89.1 Å². The van der Waals surface area contributed by atoms with E-state index in [1.54, 1.807) is 13.0 Å². The summed E-state index contributed by atoms with van der Waals surface area (Å²) in [5, 5.41) is 32.0. The number of phenolic OH excluding ortho intramolecular Hbond substituents is 2. The zero-order valence-corrected chi connectivity index (χ0v) is 32.4. The molecule has 0 aliphatic carbocycles. The zero-order valence-electron chi connectivity index (χ0n) is 31.6. The first-order valence-electron chi connectivity index (χ1n) is 17.9. The van der Waals surface area contributed by atoms with Crippen LogP contribution in [-0.2, 0) is 33.6 Å². The Labute approximate surface area is 327 Å². The topological polar surface area (TPSA) is 173 Å². The van der Waals surface area contributed by atoms with Crippen LogP contribution in [0.25, 0.3) is 27.6 Å². The highest BCUT2D eigenvalue weighted by Crippen LogP contribution is 2.38. The van der Waals surface area contributed by atoms with Crippen molar-refractivity contribution in [3.8, 4) is 17.2 Å². The Balaban J connectivity index is 1.24. The van der Waals surface area contributed by atoms with Crippen molar-refractivity contribution in [2.24, 2.45) is 0 Å². The quantitative estimate of drug-likeness (QED) is 0.0716. The fourth-order valence-corrected chi connectivity index (χ4v) is 6.90. The van der Waals surface area contributed by atoms with Crippen LogP contribution < -0.4 is 16.1 Å². The molecule has 0 saturated heterocycles. The third-order valence-corrected chi connectivity index (χ3v) is 10.1. The number of aromatic hydroxyl groups is 2. The SMILES string of the molecule is COC(=O)c1c(-n2ccc(CCNC(=O)[C@H](Cc3ccccc3)NC(=O)[C@H](Cc3ccccc3)[N+](C)(C)C)n2)c(O)cc2oc3c(Cl)c(C)cc(O)c3c(=O)c12. The van der Waals surface area contributed by atoms with Crippen molar-refractivity contribution in [1.82, 2.24) is 20.4 Å². The lowest BCUT2D eigenvalue weighted by Gasteiger charge is -2.34. The summed E-state index contributed by atoms with van der Waals surface area (Å²) in [4.78, 5) is 54.7. The summed E-state index contributed by atoms with van der Waals surface area (Å²) >= 11 is 6.41. The van der Waals surface area contributed by atoms with E-state index >= 15 is 0 Å². The number of likely N-dealkylation sites (N-methyl/N-ethyl adjacent to an activating group) is 1. The summed E-state index contributed by atoms with van der Waals surface area (Å²) in [7, 11) is 6.97. The molecule has 4 N–H and O–H groups in total. The van der Waals surface area contributed by atoms with Gasteiger partial charge in [-0.2, -0.15) is 5.10 Å². The predicted octanol–water partition coefficient (Wildman–Crippen LogP) is 5.00. The van der Waals surface area contributed by atoms with E-state index in [2.05, 4.69) is 15.7 Å². The summed E-state index contributed by atoms with van der Waals surface area (Å²) in [5.74, 6) is -2.42. The highest BCUT2D eigenvalue weighted by molar-refractivity contribution is 6.36. The number of hydrogen-bond acceptors (Lipinski definition) is 9. The minimum Gasteiger partial charge on any atom is -0.507 e. The number of methoxy groups -OCH3 is 1. The van der Waals surface area contributed by atoms with Crippen molar-refractivity contribution >= 4 is 51.3 Å². The highest BCUT2D eigenvalue weighted by atomic mass is 35.5. The van der Waals surface area contributed by atoms with Gasteiger partial charge in [0.2, 0.25) is 11.3 Å². The molecule has 4 aromatic carbocycles. The Morgan fingerprint density at radius 3 is 2.18 bits per heavy atom. The molecule has 0 spiro atoms. The van der Waals surface area contributed by atoms with Crippen molar-refractivity contribution in [3.63, 3.8) is 0 Å². The van der Waals surface area contributed by atoms with Gasteiger partial charge in [-0.1, -0.05) is 72.3 Å². The smallest absolute Gasteiger partial charge is 0.341 e. The number of rotatable bonds is 13. The number of nitrogens with zero attached hydrogens (tertiary/aromatic N) is 3. The summed E-state index contributed by atoms with van der Waals surface area (Å²) in [6, 6.07) is 22.0. The third-order valence-electron chi connectivity index (χ3n) is 9.66. The molecule has 290 valence electrons. The van der Waals surface area contributed by atoms with E-state index in [0.717, 1.165) is 18.2 Å². The molecule has 0 saturated carbocycles. The van der Waals surface area contributed by atoms with E-state index in [4.69, 9.17) is 20.8 Å². The molecular weight excluding hydrogens is 738 g/mol. The molecule has 0 fully saturated rings. The number of nitrogens with one attached hydrogen (secondary N) is 2. The Bertz CT molecular complexity index is 2490. The normalized spacial score (nSPS) is 12.7. The van der Waals surface area contributed by atoms with Gasteiger partial charge in [-0.05, 0) is 35.7 Å². The number of quaternary nitrogens is 1. The van der Waals surface area contributed by atoms with Crippen molar-refractivity contribution in [3.05, 3.63) is 128 Å². The maximum absolute atomic E-state index is 13.9. The summed E-state index contributed by atoms with van der Waals surface area (Å²) < 4.78 is 12.5. The number of fused-ring (bicyclic) bond motifs is 2. The molecule has 2 atom stereocenters. The predicted molar refractivity (Wildman–Crippen MR) is 212 cm³/mol. The highest BCUT2D eigenvalue weighted by Gasteiger charge is 2.35. The molecule has 0 aliphatic rings. The van der Waals surface area contributed by atoms with Crippen LogP contribution in [0, 0.1) is 6.92 Å². The van der Waals surface area contributed by atoms with Crippen LogP contribution in [0.1, 0.15) is 32.7 Å². The Kier molecular flexibility index (Phi) is 11.5. The first-order chi connectivity index (χ1) is 26.7. The monoisotopic (exact) mass is 780 g/mol. The Morgan fingerprint density at radius 2 is 1.55 bits per heavy atom. The van der Waals surface area contributed by atoms with Gasteiger partial charge in [0.15, 0.2) is 11.6 Å². The Hall–Kier alpha value is -6.18. The molecule has 13 nitrogen and oxygen atoms in total. The van der Waals surface area contributed by atoms with E-state index in [1.807, 2.05) is 81.8 Å². The molecule has 0 unspecified atom stereocenters. The number of aromatic nitrogens is 2. The molecule has 2 aromatic heterocycles. The molecule has 6 rings (SSSR count). The first-order valence-corrected chi connectivity index (χ1v) is 18.3. The maximum atomic E-state index is 13.9. The average Bonchev–Trinajstić information content (AvgIpc) is 3.63. The van der Waals surface area contributed by atoms with Gasteiger partial charge in [-0.25, -0.2) is 9.48 Å². The second kappa shape index (κ2) is 16.3. The fourth-order valence-electron chi connectivity index (χ4n) is 6.71. The van der Waals surface area contributed by atoms with E-state index in [9.17, 15) is 29.4 Å². The van der Waals surface area contributed by atoms with E-state index in [1.165, 1.54) is 23.0 Å². The van der Waals surface area contributed by atoms with Crippen molar-refractivity contribution in [1.29, 1.82) is 0 Å². The third kappa shape index (κ3) is 8.24. The van der Waals surface area contributed by atoms with Crippen LogP contribution in [0.2, 0.25) is 5.02 Å². The van der Waals surface area contributed by atoms with Gasteiger partial charge in [0.25, 0.3) is 5.91 Å². The second-order valence-electron chi connectivity index (χ2n) is 14.5. The number of phenols is 2. The van der Waals surface area contributed by atoms with E-state index in [-0.39, 0.29) is 69.4 Å². The number of carbonyl (C=O) groups is 3. The molecule has 6 aromatic rings. The van der Waals surface area contributed by atoms with Gasteiger partial charge in [0.1, 0.15) is 39.8 Å². The van der Waals surface area contributed by atoms with Crippen LogP contribution in [0.15, 0.2) is 94.3 Å². The Morgan fingerprint density at radius 1 is 0.911 bits per heavy atom. The maximum Gasteiger partial charge on any atom is 0.341 e. The first kappa shape index (κ1) is 39.5. The average molecular weight is 781 g/mol. The molecule has 0 radical (unpaired) electrons. The van der Waals surface area contributed by atoms with E-state index in [0.29, 0.717) is 22.2 Å². The number of hydrogen-bond donors (Lipinski definition) is 4. The summed E-state index contributed by atoms with van der Waals surface area (Å²) in [6.45, 7) is 1.77. The van der Waals surface area contributed by atoms with Gasteiger partial charge in [-0.3, -0.25) is 14.4 Å². The van der Waals surface area contributed by atoms with Crippen LogP contribution in [0.3, 0.4) is 0 Å². The summed E-state index contributed by atoms with van der Waals surface area (Å²) in [5.41, 5.74) is 1.31. The van der Waals surface area contributed by atoms with Crippen LogP contribution >= 0.6 is 11.6 Å². The van der Waals surface area contributed by atoms with Crippen molar-refractivity contribution in [2.75, 3.05) is 34.8 Å². The molecule has 14 heteroatoms. The molecule has 56 heavy (non-hydrogen) atoms. The molecule has 2 heterocycles. The van der Waals surface area contributed by atoms with E-state index < -0.39 is 35.0 Å². The van der Waals surface area contributed by atoms with Crippen LogP contribution in [0.4, 0.5) is 0 Å². The fraction of sp³-hybridized carbons (Fsp3) is 0.262. The molecule has 2 amide bonds. The largest absolute Gasteiger partial charge is 0.507 e. The number of halogens is 1. The lowest BCUT2D eigenvalue weighted by Crippen LogP contribution is -2.59. The minimum absolute atomic E-state index is 0.0916. The number of amides is 2. The van der Waals surface area contributed by atoms with Crippen molar-refractivity contribution < 1.29 is 38.2 Å². The van der Waals surface area contributed by atoms with Crippen molar-refractivity contribution in [2.45, 2.75) is 38.3 Å². The number of esters is 1. The molecule has 0 bridgehead atoms. The lowest BCUT2D eigenvalue weighted by atomic mass is 10.0. The van der Waals surface area contributed by atoms with Gasteiger partial charge in [-0.15, -0.1) is 0 Å². The lowest BCUT2D eigenvalue weighted by molar-refractivity contribution is -0.886. The second-order valence-corrected chi connectivity index (χ2v) is 14.9. The van der Waals surface area contributed by atoms with Gasteiger partial charge in [0.05, 0.1) is 44.4 Å². The number of carbonyl (C=O) groups excluding carboxylic acids is 3. The van der Waals surface area contributed by atoms with Crippen LogP contribution in [0.5, 0.6) is 11.5 Å². The number of benzene rings is 4. The standard InChI is InChI=1S/C42H42ClN5O8/c1-24-20-30(49)33-38(51)34-32(56-39(33)36(24)43)23-31(50)37(35(34)42(54)55-5)47-19-17-27(46-47)16-18-44-40(52)28(21-25-12-8-6-9-13-25)45-41(53)29(48(2,3)4)22-26-14-10-7-11-15-26/h6-15,17,19-20,23,28-29H,16,18,21-22H2,1-5H3,(H3-,44,45,49,50,51,52,53)/p+1/t28-,29-/m0/s1. The zero-order chi connectivity index (χ0) is 40.3. The number of ether oxygens (including phenoxy) is 1. The molecular formula is C42H43ClN5O8+. The van der Waals surface area contributed by atoms with Gasteiger partial charge < -0.3 is 34.5 Å². The minimum atomic E-state index is -0.961. The van der Waals surface area contributed by atoms with Gasteiger partial charge in [0, 0.05) is 38.1 Å². The summed E-state index contributed by atoms with van der Waals surface area (Å²) in [6.07, 6.45) is 2.48. The molecule has 0 aliphatic heterocycles.